The number of pyridine rings is 1. The molecule has 4 heterocycles. The van der Waals surface area contributed by atoms with Gasteiger partial charge in [-0.3, -0.25) is 4.79 Å². The summed E-state index contributed by atoms with van der Waals surface area (Å²) in [6.45, 7) is 1.34. The van der Waals surface area contributed by atoms with E-state index in [0.29, 0.717) is 18.8 Å². The molecule has 1 aliphatic rings. The van der Waals surface area contributed by atoms with E-state index < -0.39 is 0 Å². The number of aromatic amines is 1. The van der Waals surface area contributed by atoms with Crippen LogP contribution in [-0.2, 0) is 7.05 Å². The molecule has 1 fully saturated rings. The third kappa shape index (κ3) is 2.21. The van der Waals surface area contributed by atoms with Crippen molar-refractivity contribution in [1.29, 1.82) is 0 Å². The monoisotopic (exact) mass is 331 g/mol. The highest BCUT2D eigenvalue weighted by Crippen LogP contribution is 2.28. The van der Waals surface area contributed by atoms with Crippen molar-refractivity contribution < 1.29 is 4.79 Å². The number of carbonyl (C=O) groups is 1. The predicted octanol–water partition coefficient (Wildman–Crippen LogP) is 2.69. The Kier molecular flexibility index (Phi) is 2.94. The number of carbonyl (C=O) groups excluding carboxylic acids is 1. The lowest BCUT2D eigenvalue weighted by atomic mass is 9.99. The van der Waals surface area contributed by atoms with Crippen LogP contribution >= 0.6 is 0 Å². The minimum atomic E-state index is -0.0181. The number of fused-ring (bicyclic) bond motifs is 2. The number of hydrogen-bond acceptors (Lipinski definition) is 3. The molecule has 25 heavy (non-hydrogen) atoms. The molecule has 0 spiro atoms. The van der Waals surface area contributed by atoms with Gasteiger partial charge in [-0.1, -0.05) is 12.1 Å². The molecular weight excluding hydrogens is 314 g/mol. The minimum Gasteiger partial charge on any atom is -0.342 e. The highest BCUT2D eigenvalue weighted by Gasteiger charge is 2.34. The summed E-state index contributed by atoms with van der Waals surface area (Å²) in [5, 5.41) is 1.04. The summed E-state index contributed by atoms with van der Waals surface area (Å²) >= 11 is 0. The molecule has 1 aromatic carbocycles. The standard InChI is InChI=1S/C19H17N5O/c1-23-9-8-12-6-7-16(22-18(12)23)19(25)24-10-13(11-24)17-20-14-4-2-3-5-15(14)21-17/h2-9,13H,10-11H2,1H3,(H,20,21). The van der Waals surface area contributed by atoms with Crippen LogP contribution in [0, 0.1) is 0 Å². The number of aryl methyl sites for hydroxylation is 1. The van der Waals surface area contributed by atoms with Gasteiger partial charge in [-0.2, -0.15) is 0 Å². The van der Waals surface area contributed by atoms with E-state index >= 15 is 0 Å². The highest BCUT2D eigenvalue weighted by atomic mass is 16.2. The number of H-pyrrole nitrogens is 1. The maximum Gasteiger partial charge on any atom is 0.272 e. The Balaban J connectivity index is 1.35. The molecular formula is C19H17N5O. The van der Waals surface area contributed by atoms with Crippen LogP contribution in [0.4, 0.5) is 0 Å². The Morgan fingerprint density at radius 3 is 2.80 bits per heavy atom. The van der Waals surface area contributed by atoms with Gasteiger partial charge in [0.2, 0.25) is 0 Å². The van der Waals surface area contributed by atoms with Crippen LogP contribution < -0.4 is 0 Å². The Hall–Kier alpha value is -3.15. The summed E-state index contributed by atoms with van der Waals surface area (Å²) in [5.74, 6) is 1.20. The molecule has 0 bridgehead atoms. The number of hydrogen-bond donors (Lipinski definition) is 1. The summed E-state index contributed by atoms with van der Waals surface area (Å²) < 4.78 is 1.93. The van der Waals surface area contributed by atoms with E-state index in [9.17, 15) is 4.79 Å². The lowest BCUT2D eigenvalue weighted by molar-refractivity contribution is 0.0590. The number of rotatable bonds is 2. The van der Waals surface area contributed by atoms with E-state index in [0.717, 1.165) is 27.9 Å². The average Bonchev–Trinajstić information content (AvgIpc) is 3.17. The van der Waals surface area contributed by atoms with Gasteiger partial charge in [0.15, 0.2) is 0 Å². The fourth-order valence-corrected chi connectivity index (χ4v) is 3.40. The highest BCUT2D eigenvalue weighted by molar-refractivity contribution is 5.95. The zero-order valence-electron chi connectivity index (χ0n) is 13.8. The summed E-state index contributed by atoms with van der Waals surface area (Å²) in [4.78, 5) is 27.0. The smallest absolute Gasteiger partial charge is 0.272 e. The van der Waals surface area contributed by atoms with E-state index in [4.69, 9.17) is 0 Å². The molecule has 1 amide bonds. The quantitative estimate of drug-likeness (QED) is 0.614. The van der Waals surface area contributed by atoms with E-state index in [1.54, 1.807) is 6.07 Å². The molecule has 6 heteroatoms. The molecule has 4 aromatic rings. The number of nitrogens with one attached hydrogen (secondary N) is 1. The second kappa shape index (κ2) is 5.17. The van der Waals surface area contributed by atoms with E-state index in [1.807, 2.05) is 59.1 Å². The number of nitrogens with zero attached hydrogens (tertiary/aromatic N) is 4. The van der Waals surface area contributed by atoms with Gasteiger partial charge < -0.3 is 14.5 Å². The van der Waals surface area contributed by atoms with Crippen molar-refractivity contribution in [2.45, 2.75) is 5.92 Å². The van der Waals surface area contributed by atoms with Gasteiger partial charge in [-0.25, -0.2) is 9.97 Å². The van der Waals surface area contributed by atoms with Crippen LogP contribution in [0.3, 0.4) is 0 Å². The molecule has 0 aliphatic carbocycles. The summed E-state index contributed by atoms with van der Waals surface area (Å²) in [6, 6.07) is 13.7. The van der Waals surface area contributed by atoms with E-state index in [2.05, 4.69) is 15.0 Å². The first-order chi connectivity index (χ1) is 12.2. The topological polar surface area (TPSA) is 66.8 Å². The molecule has 0 radical (unpaired) electrons. The zero-order chi connectivity index (χ0) is 17.0. The number of likely N-dealkylation sites (tertiary alicyclic amines) is 1. The van der Waals surface area contributed by atoms with Gasteiger partial charge in [0.25, 0.3) is 5.91 Å². The number of amides is 1. The molecule has 1 N–H and O–H groups in total. The first-order valence-corrected chi connectivity index (χ1v) is 8.35. The van der Waals surface area contributed by atoms with Crippen LogP contribution in [0.25, 0.3) is 22.1 Å². The largest absolute Gasteiger partial charge is 0.342 e. The van der Waals surface area contributed by atoms with Crippen molar-refractivity contribution in [3.05, 3.63) is 60.2 Å². The van der Waals surface area contributed by atoms with Crippen LogP contribution in [0.2, 0.25) is 0 Å². The number of imidazole rings is 1. The summed E-state index contributed by atoms with van der Waals surface area (Å²) in [5.41, 5.74) is 3.34. The van der Waals surface area contributed by atoms with E-state index in [-0.39, 0.29) is 11.8 Å². The second-order valence-electron chi connectivity index (χ2n) is 6.58. The van der Waals surface area contributed by atoms with Gasteiger partial charge in [-0.05, 0) is 30.3 Å². The minimum absolute atomic E-state index is 0.0181. The van der Waals surface area contributed by atoms with Crippen molar-refractivity contribution >= 4 is 28.0 Å². The lowest BCUT2D eigenvalue weighted by Crippen LogP contribution is -2.49. The van der Waals surface area contributed by atoms with Crippen LogP contribution in [0.15, 0.2) is 48.7 Å². The zero-order valence-corrected chi connectivity index (χ0v) is 13.8. The van der Waals surface area contributed by atoms with E-state index in [1.165, 1.54) is 0 Å². The van der Waals surface area contributed by atoms with Gasteiger partial charge in [0, 0.05) is 31.7 Å². The van der Waals surface area contributed by atoms with Crippen molar-refractivity contribution in [1.82, 2.24) is 24.4 Å². The second-order valence-corrected chi connectivity index (χ2v) is 6.58. The third-order valence-corrected chi connectivity index (χ3v) is 4.90. The van der Waals surface area contributed by atoms with Crippen molar-refractivity contribution in [2.24, 2.45) is 7.05 Å². The molecule has 3 aromatic heterocycles. The summed E-state index contributed by atoms with van der Waals surface area (Å²) in [6.07, 6.45) is 1.95. The number of aromatic nitrogens is 4. The normalized spacial score (nSPS) is 15.0. The van der Waals surface area contributed by atoms with Crippen molar-refractivity contribution in [3.63, 3.8) is 0 Å². The van der Waals surface area contributed by atoms with Crippen LogP contribution in [0.1, 0.15) is 22.2 Å². The number of para-hydroxylation sites is 2. The predicted molar refractivity (Wildman–Crippen MR) is 95.5 cm³/mol. The maximum atomic E-state index is 12.7. The molecule has 5 rings (SSSR count). The SMILES string of the molecule is Cn1ccc2ccc(C(=O)N3CC(c4nc5ccccc5[nH]4)C3)nc21. The van der Waals surface area contributed by atoms with Gasteiger partial charge >= 0.3 is 0 Å². The van der Waals surface area contributed by atoms with Gasteiger partial charge in [0.1, 0.15) is 17.2 Å². The maximum absolute atomic E-state index is 12.7. The Bertz CT molecular complexity index is 1070. The molecule has 1 saturated heterocycles. The van der Waals surface area contributed by atoms with Crippen molar-refractivity contribution in [3.8, 4) is 0 Å². The average molecular weight is 331 g/mol. The lowest BCUT2D eigenvalue weighted by Gasteiger charge is -2.37. The molecule has 0 unspecified atom stereocenters. The fourth-order valence-electron chi connectivity index (χ4n) is 3.40. The third-order valence-electron chi connectivity index (χ3n) is 4.90. The molecule has 1 aliphatic heterocycles. The first-order valence-electron chi connectivity index (χ1n) is 8.35. The molecule has 124 valence electrons. The first kappa shape index (κ1) is 14.2. The molecule has 0 atom stereocenters. The fraction of sp³-hybridized carbons (Fsp3) is 0.211. The van der Waals surface area contributed by atoms with Gasteiger partial charge in [0.05, 0.1) is 17.0 Å². The Morgan fingerprint density at radius 2 is 1.96 bits per heavy atom. The van der Waals surface area contributed by atoms with Crippen LogP contribution in [0.5, 0.6) is 0 Å². The van der Waals surface area contributed by atoms with Crippen LogP contribution in [-0.4, -0.2) is 43.4 Å². The van der Waals surface area contributed by atoms with Crippen molar-refractivity contribution in [2.75, 3.05) is 13.1 Å². The molecule has 6 nitrogen and oxygen atoms in total. The summed E-state index contributed by atoms with van der Waals surface area (Å²) in [7, 11) is 1.94. The Morgan fingerprint density at radius 1 is 1.12 bits per heavy atom. The number of benzene rings is 1. The molecule has 0 saturated carbocycles. The Labute approximate surface area is 144 Å². The van der Waals surface area contributed by atoms with Gasteiger partial charge in [-0.15, -0.1) is 0 Å².